The van der Waals surface area contributed by atoms with Gasteiger partial charge in [0.25, 0.3) is 0 Å². The Morgan fingerprint density at radius 1 is 1.19 bits per heavy atom. The van der Waals surface area contributed by atoms with E-state index in [1.165, 1.54) is 0 Å². The Hall–Kier alpha value is -2.82. The van der Waals surface area contributed by atoms with Crippen LogP contribution in [0.15, 0.2) is 59.6 Å². The standard InChI is InChI=1S/C18H13ClN4O2S/c19-13-8-4-5-9-14(13)22-18(21-11-20)26-15-10-16(24)23(17(15)25)12-6-2-1-3-7-12/h1-9,15H,10H2,(H,21,22). The molecular weight excluding hydrogens is 372 g/mol. The first kappa shape index (κ1) is 18.0. The molecule has 1 unspecified atom stereocenters. The zero-order chi connectivity index (χ0) is 18.5. The van der Waals surface area contributed by atoms with Crippen molar-refractivity contribution in [3.63, 3.8) is 0 Å². The molecule has 1 heterocycles. The topological polar surface area (TPSA) is 85.6 Å². The lowest BCUT2D eigenvalue weighted by Gasteiger charge is -2.14. The number of nitrogens with zero attached hydrogens (tertiary/aromatic N) is 3. The number of amidine groups is 1. The first-order valence-electron chi connectivity index (χ1n) is 7.67. The second-order valence-corrected chi connectivity index (χ2v) is 6.92. The third-order valence-electron chi connectivity index (χ3n) is 3.61. The summed E-state index contributed by atoms with van der Waals surface area (Å²) in [4.78, 5) is 30.4. The number of nitrogens with one attached hydrogen (secondary N) is 1. The van der Waals surface area contributed by atoms with Gasteiger partial charge in [0.1, 0.15) is 5.25 Å². The zero-order valence-corrected chi connectivity index (χ0v) is 15.0. The summed E-state index contributed by atoms with van der Waals surface area (Å²) in [5, 5.41) is 11.4. The number of halogens is 1. The highest BCUT2D eigenvalue weighted by Crippen LogP contribution is 2.31. The van der Waals surface area contributed by atoms with E-state index in [9.17, 15) is 9.59 Å². The van der Waals surface area contributed by atoms with Gasteiger partial charge in [-0.05, 0) is 24.3 Å². The number of hydrogen-bond donors (Lipinski definition) is 1. The molecule has 0 aromatic heterocycles. The molecular formula is C18H13ClN4O2S. The summed E-state index contributed by atoms with van der Waals surface area (Å²) in [7, 11) is 0. The lowest BCUT2D eigenvalue weighted by atomic mass is 10.3. The number of para-hydroxylation sites is 2. The van der Waals surface area contributed by atoms with Crippen molar-refractivity contribution < 1.29 is 9.59 Å². The van der Waals surface area contributed by atoms with Crippen molar-refractivity contribution in [2.45, 2.75) is 11.7 Å². The predicted molar refractivity (Wildman–Crippen MR) is 102 cm³/mol. The van der Waals surface area contributed by atoms with Gasteiger partial charge in [0.15, 0.2) is 11.4 Å². The maximum Gasteiger partial charge on any atom is 0.247 e. The summed E-state index contributed by atoms with van der Waals surface area (Å²) < 4.78 is 0. The van der Waals surface area contributed by atoms with Crippen LogP contribution in [0.25, 0.3) is 0 Å². The van der Waals surface area contributed by atoms with Crippen LogP contribution in [-0.2, 0) is 9.59 Å². The molecule has 2 aromatic carbocycles. The minimum atomic E-state index is -0.662. The monoisotopic (exact) mass is 384 g/mol. The van der Waals surface area contributed by atoms with Gasteiger partial charge in [0, 0.05) is 6.42 Å². The van der Waals surface area contributed by atoms with Crippen molar-refractivity contribution in [3.8, 4) is 6.19 Å². The summed E-state index contributed by atoms with van der Waals surface area (Å²) in [6.45, 7) is 0. The normalized spacial score (nSPS) is 17.3. The second kappa shape index (κ2) is 8.04. The van der Waals surface area contributed by atoms with Crippen molar-refractivity contribution in [1.29, 1.82) is 5.26 Å². The number of hydrogen-bond acceptors (Lipinski definition) is 5. The number of amides is 2. The third kappa shape index (κ3) is 3.87. The van der Waals surface area contributed by atoms with Gasteiger partial charge in [-0.1, -0.05) is 53.7 Å². The van der Waals surface area contributed by atoms with Crippen molar-refractivity contribution >= 4 is 51.7 Å². The van der Waals surface area contributed by atoms with Gasteiger partial charge in [-0.25, -0.2) is 9.89 Å². The van der Waals surface area contributed by atoms with Crippen molar-refractivity contribution in [2.24, 2.45) is 4.99 Å². The molecule has 1 fully saturated rings. The van der Waals surface area contributed by atoms with E-state index in [-0.39, 0.29) is 23.4 Å². The Bertz CT molecular complexity index is 911. The fraction of sp³-hybridized carbons (Fsp3) is 0.111. The van der Waals surface area contributed by atoms with Crippen LogP contribution in [0.5, 0.6) is 0 Å². The largest absolute Gasteiger partial charge is 0.274 e. The van der Waals surface area contributed by atoms with Gasteiger partial charge < -0.3 is 0 Å². The minimum Gasteiger partial charge on any atom is -0.274 e. The predicted octanol–water partition coefficient (Wildman–Crippen LogP) is 3.46. The number of thioether (sulfide) groups is 1. The molecule has 0 aliphatic carbocycles. The van der Waals surface area contributed by atoms with Gasteiger partial charge in [0.05, 0.1) is 16.4 Å². The SMILES string of the molecule is N#CNC(=Nc1ccccc1Cl)SC1CC(=O)N(c2ccccc2)C1=O. The molecule has 1 aliphatic rings. The first-order chi connectivity index (χ1) is 12.6. The van der Waals surface area contributed by atoms with Crippen LogP contribution in [0.4, 0.5) is 11.4 Å². The van der Waals surface area contributed by atoms with E-state index in [1.54, 1.807) is 54.7 Å². The molecule has 2 aromatic rings. The molecule has 0 saturated carbocycles. The van der Waals surface area contributed by atoms with E-state index in [0.29, 0.717) is 16.4 Å². The third-order valence-corrected chi connectivity index (χ3v) is 5.00. The summed E-state index contributed by atoms with van der Waals surface area (Å²) in [6, 6.07) is 15.6. The Kier molecular flexibility index (Phi) is 5.56. The van der Waals surface area contributed by atoms with Crippen LogP contribution in [-0.4, -0.2) is 22.2 Å². The summed E-state index contributed by atoms with van der Waals surface area (Å²) >= 11 is 7.12. The van der Waals surface area contributed by atoms with Crippen LogP contribution >= 0.6 is 23.4 Å². The molecule has 130 valence electrons. The first-order valence-corrected chi connectivity index (χ1v) is 8.92. The number of carbonyl (C=O) groups is 2. The van der Waals surface area contributed by atoms with Crippen LogP contribution in [0, 0.1) is 11.5 Å². The number of anilines is 1. The van der Waals surface area contributed by atoms with E-state index >= 15 is 0 Å². The smallest absolute Gasteiger partial charge is 0.247 e. The van der Waals surface area contributed by atoms with Crippen molar-refractivity contribution in [3.05, 3.63) is 59.6 Å². The second-order valence-electron chi connectivity index (χ2n) is 5.32. The van der Waals surface area contributed by atoms with Crippen LogP contribution in [0.1, 0.15) is 6.42 Å². The van der Waals surface area contributed by atoms with Crippen LogP contribution in [0.3, 0.4) is 0 Å². The van der Waals surface area contributed by atoms with Crippen LogP contribution in [0.2, 0.25) is 5.02 Å². The molecule has 0 spiro atoms. The van der Waals surface area contributed by atoms with Crippen molar-refractivity contribution in [1.82, 2.24) is 5.32 Å². The van der Waals surface area contributed by atoms with E-state index in [2.05, 4.69) is 10.3 Å². The molecule has 0 bridgehead atoms. The molecule has 1 atom stereocenters. The van der Waals surface area contributed by atoms with Crippen molar-refractivity contribution in [2.75, 3.05) is 4.90 Å². The molecule has 1 N–H and O–H groups in total. The van der Waals surface area contributed by atoms with E-state index < -0.39 is 5.25 Å². The maximum absolute atomic E-state index is 12.7. The Balaban J connectivity index is 1.82. The maximum atomic E-state index is 12.7. The molecule has 1 saturated heterocycles. The molecule has 0 radical (unpaired) electrons. The summed E-state index contributed by atoms with van der Waals surface area (Å²) in [6.07, 6.45) is 1.83. The summed E-state index contributed by atoms with van der Waals surface area (Å²) in [5.41, 5.74) is 1.000. The highest BCUT2D eigenvalue weighted by atomic mass is 35.5. The Morgan fingerprint density at radius 2 is 1.88 bits per heavy atom. The zero-order valence-electron chi connectivity index (χ0n) is 13.4. The Labute approximate surface area is 159 Å². The van der Waals surface area contributed by atoms with E-state index in [1.807, 2.05) is 6.07 Å². The summed E-state index contributed by atoms with van der Waals surface area (Å²) in [5.74, 6) is -0.620. The molecule has 26 heavy (non-hydrogen) atoms. The lowest BCUT2D eigenvalue weighted by Crippen LogP contribution is -2.32. The average molecular weight is 385 g/mol. The number of imide groups is 1. The van der Waals surface area contributed by atoms with Crippen LogP contribution < -0.4 is 10.2 Å². The number of nitriles is 1. The van der Waals surface area contributed by atoms with E-state index in [0.717, 1.165) is 16.7 Å². The van der Waals surface area contributed by atoms with Gasteiger partial charge in [0.2, 0.25) is 11.8 Å². The van der Waals surface area contributed by atoms with Gasteiger partial charge >= 0.3 is 0 Å². The highest BCUT2D eigenvalue weighted by molar-refractivity contribution is 8.15. The molecule has 8 heteroatoms. The van der Waals surface area contributed by atoms with Gasteiger partial charge in [-0.3, -0.25) is 14.9 Å². The Morgan fingerprint density at radius 3 is 2.58 bits per heavy atom. The molecule has 2 amide bonds. The van der Waals surface area contributed by atoms with Gasteiger partial charge in [-0.15, -0.1) is 0 Å². The molecule has 1 aliphatic heterocycles. The van der Waals surface area contributed by atoms with Gasteiger partial charge in [-0.2, -0.15) is 5.26 Å². The fourth-order valence-corrected chi connectivity index (χ4v) is 3.60. The number of carbonyl (C=O) groups excluding carboxylic acids is 2. The minimum absolute atomic E-state index is 0.0348. The molecule has 6 nitrogen and oxygen atoms in total. The fourth-order valence-electron chi connectivity index (χ4n) is 2.46. The quantitative estimate of drug-likeness (QED) is 0.288. The highest BCUT2D eigenvalue weighted by Gasteiger charge is 2.40. The number of rotatable bonds is 3. The number of benzene rings is 2. The molecule has 3 rings (SSSR count). The lowest BCUT2D eigenvalue weighted by molar-refractivity contribution is -0.121. The van der Waals surface area contributed by atoms with E-state index in [4.69, 9.17) is 16.9 Å². The number of aliphatic imine (C=N–C) groups is 1. The average Bonchev–Trinajstić information content (AvgIpc) is 2.91.